The van der Waals surface area contributed by atoms with E-state index in [1.54, 1.807) is 82.3 Å². The number of amides is 1. The van der Waals surface area contributed by atoms with Crippen LogP contribution < -0.4 is 19.5 Å². The van der Waals surface area contributed by atoms with E-state index >= 15 is 0 Å². The average molecular weight is 1120 g/mol. The maximum atomic E-state index is 12.8. The van der Waals surface area contributed by atoms with Gasteiger partial charge in [-0.25, -0.2) is 14.4 Å². The van der Waals surface area contributed by atoms with Gasteiger partial charge >= 0.3 is 17.9 Å². The minimum Gasteiger partial charge on any atom is -0.502 e. The highest BCUT2D eigenvalue weighted by Crippen LogP contribution is 2.31. The van der Waals surface area contributed by atoms with Crippen molar-refractivity contribution in [3.05, 3.63) is 154 Å². The minimum absolute atomic E-state index is 0.167. The van der Waals surface area contributed by atoms with Gasteiger partial charge in [0.05, 0.1) is 53.0 Å². The van der Waals surface area contributed by atoms with Gasteiger partial charge in [0.2, 0.25) is 0 Å². The van der Waals surface area contributed by atoms with Crippen molar-refractivity contribution in [2.75, 3.05) is 66.3 Å². The van der Waals surface area contributed by atoms with E-state index in [9.17, 15) is 24.0 Å². The number of anilines is 1. The van der Waals surface area contributed by atoms with Gasteiger partial charge in [0, 0.05) is 56.0 Å². The molecular formula is C65H104N2O13. The van der Waals surface area contributed by atoms with Crippen LogP contribution in [-0.4, -0.2) is 96.8 Å². The Morgan fingerprint density at radius 1 is 0.562 bits per heavy atom. The van der Waals surface area contributed by atoms with Gasteiger partial charge in [0.1, 0.15) is 28.7 Å². The summed E-state index contributed by atoms with van der Waals surface area (Å²) in [6, 6.07) is 19.6. The molecule has 1 amide bonds. The van der Waals surface area contributed by atoms with Crippen molar-refractivity contribution in [2.45, 2.75) is 134 Å². The Balaban J connectivity index is -0.000000249. The van der Waals surface area contributed by atoms with Gasteiger partial charge in [-0.05, 0) is 132 Å². The number of Topliss-reactive ketones (excluding diaryl/α,β-unsaturated/α-hetero) is 1. The smallest absolute Gasteiger partial charge is 0.330 e. The third kappa shape index (κ3) is 63.0. The van der Waals surface area contributed by atoms with Gasteiger partial charge in [-0.15, -0.1) is 19.7 Å². The molecular weight excluding hydrogens is 1020 g/mol. The number of ether oxygens (including phenoxy) is 8. The van der Waals surface area contributed by atoms with E-state index in [2.05, 4.69) is 82.2 Å². The fourth-order valence-electron chi connectivity index (χ4n) is 4.50. The Kier molecular flexibility index (Phi) is 77.2. The number of hydrogen-bond acceptors (Lipinski definition) is 14. The van der Waals surface area contributed by atoms with E-state index in [4.69, 9.17) is 33.2 Å². The molecule has 3 rings (SSSR count). The third-order valence-electron chi connectivity index (χ3n) is 7.52. The maximum absolute atomic E-state index is 12.8. The molecule has 0 unspecified atom stereocenters. The second kappa shape index (κ2) is 71.5. The van der Waals surface area contributed by atoms with Crippen LogP contribution in [0.2, 0.25) is 0 Å². The van der Waals surface area contributed by atoms with E-state index in [1.807, 2.05) is 71.9 Å². The first-order valence-corrected chi connectivity index (χ1v) is 27.2. The van der Waals surface area contributed by atoms with Gasteiger partial charge in [-0.3, -0.25) is 9.79 Å². The Morgan fingerprint density at radius 2 is 0.912 bits per heavy atom. The summed E-state index contributed by atoms with van der Waals surface area (Å²) in [5.74, 6) is 0.545. The Hall–Kier alpha value is -7.52. The fraction of sp³-hybridized carbons (Fsp3) is 0.446. The lowest BCUT2D eigenvalue weighted by molar-refractivity contribution is -0.138. The molecule has 15 heteroatoms. The highest BCUT2D eigenvalue weighted by Gasteiger charge is 2.10. The molecule has 0 aliphatic carbocycles. The summed E-state index contributed by atoms with van der Waals surface area (Å²) in [5.41, 5.74) is 2.52. The number of carbonyl (C=O) groups is 5. The number of benzene rings is 3. The van der Waals surface area contributed by atoms with Crippen molar-refractivity contribution >= 4 is 47.2 Å². The minimum atomic E-state index is -0.436. The molecule has 452 valence electrons. The molecule has 0 aromatic heterocycles. The van der Waals surface area contributed by atoms with Crippen LogP contribution in [0.1, 0.15) is 150 Å². The quantitative estimate of drug-likeness (QED) is 0.0152. The van der Waals surface area contributed by atoms with Crippen LogP contribution in [0.4, 0.5) is 11.4 Å². The van der Waals surface area contributed by atoms with E-state index in [-0.39, 0.29) is 17.7 Å². The van der Waals surface area contributed by atoms with E-state index in [1.165, 1.54) is 26.7 Å². The number of esters is 3. The number of allylic oxidation sites excluding steroid dienone is 2. The van der Waals surface area contributed by atoms with Gasteiger partial charge in [0.25, 0.3) is 5.91 Å². The lowest BCUT2D eigenvalue weighted by Gasteiger charge is -2.10. The molecule has 3 aromatic rings. The topological polar surface area (TPSA) is 184 Å². The van der Waals surface area contributed by atoms with Gasteiger partial charge in [-0.2, -0.15) is 0 Å². The zero-order valence-electron chi connectivity index (χ0n) is 51.8. The number of methoxy groups -OCH3 is 2. The normalized spacial score (nSPS) is 8.89. The lowest BCUT2D eigenvalue weighted by atomic mass is 10.2. The average Bonchev–Trinajstić information content (AvgIpc) is 3.46. The summed E-state index contributed by atoms with van der Waals surface area (Å²) < 4.78 is 40.9. The summed E-state index contributed by atoms with van der Waals surface area (Å²) in [6.45, 7) is 45.4. The summed E-state index contributed by atoms with van der Waals surface area (Å²) >= 11 is 0. The molecule has 0 fully saturated rings. The predicted molar refractivity (Wildman–Crippen MR) is 335 cm³/mol. The summed E-state index contributed by atoms with van der Waals surface area (Å²) in [5, 5.41) is 2.88. The SMILES string of the molecule is C=C.C=CC.C=CC(=O)OCCCCO/C=C/C.C=CC(=O)OCCCCOc1ccc(C=Nc2ccc(NC(=O)c3ccc(OCCCCOC(=O)C=C)cc3)cc2OC)cc1.CC.CC.CC(C)=O.CCC.CCC.COC. The van der Waals surface area contributed by atoms with Crippen LogP contribution in [0.25, 0.3) is 0 Å². The monoisotopic (exact) mass is 1120 g/mol. The second-order valence-corrected chi connectivity index (χ2v) is 15.1. The third-order valence-corrected chi connectivity index (χ3v) is 7.52. The van der Waals surface area contributed by atoms with Crippen molar-refractivity contribution in [1.29, 1.82) is 0 Å². The molecule has 15 nitrogen and oxygen atoms in total. The Morgan fingerprint density at radius 3 is 1.26 bits per heavy atom. The molecule has 0 radical (unpaired) electrons. The van der Waals surface area contributed by atoms with Crippen LogP contribution in [-0.2, 0) is 42.9 Å². The van der Waals surface area contributed by atoms with Crippen LogP contribution in [0.3, 0.4) is 0 Å². The molecule has 0 atom stereocenters. The van der Waals surface area contributed by atoms with Gasteiger partial charge < -0.3 is 48.0 Å². The second-order valence-electron chi connectivity index (χ2n) is 15.1. The van der Waals surface area contributed by atoms with E-state index in [0.717, 1.165) is 55.2 Å². The first kappa shape index (κ1) is 86.4. The molecule has 0 aliphatic rings. The summed E-state index contributed by atoms with van der Waals surface area (Å²) in [7, 11) is 4.79. The van der Waals surface area contributed by atoms with Crippen molar-refractivity contribution in [1.82, 2.24) is 0 Å². The van der Waals surface area contributed by atoms with Crippen molar-refractivity contribution in [2.24, 2.45) is 4.99 Å². The molecule has 0 aliphatic heterocycles. The largest absolute Gasteiger partial charge is 0.502 e. The van der Waals surface area contributed by atoms with Gasteiger partial charge in [0.15, 0.2) is 0 Å². The number of carbonyl (C=O) groups excluding carboxylic acids is 5. The maximum Gasteiger partial charge on any atom is 0.330 e. The molecule has 0 saturated carbocycles. The standard InChI is InChI=1S/C35H38N2O8.C10H16O3.C3H6O.2C3H8.C3H6.C2H6O.2C2H6.C2H4/c1-4-33(38)44-22-8-6-20-42-29-15-10-26(11-16-29)25-36-31-19-14-28(24-32(31)41-3)37-35(40)27-12-17-30(18-13-27)43-21-7-9-23-45-34(39)5-2;1-3-7-12-8-5-6-9-13-10(11)4-2;1-3(2)4;4*1-3-2;3*1-2/h4-5,10-19,24-25H,1-2,6-9,20-23H2,3H3,(H,37,40);3-4,7H,2,5-6,8-9H2,1H3;1-2H3;2*3H2,1-2H3;3H,1H2,2H3;1-2H3;2*1-2H3;1-2H2/b;7-3+;;;;;;;;. The van der Waals surface area contributed by atoms with E-state index in [0.29, 0.717) is 80.9 Å². The fourth-order valence-corrected chi connectivity index (χ4v) is 4.50. The molecule has 3 aromatic carbocycles. The molecule has 0 spiro atoms. The molecule has 0 heterocycles. The van der Waals surface area contributed by atoms with Gasteiger partial charge in [-0.1, -0.05) is 100 Å². The van der Waals surface area contributed by atoms with Crippen molar-refractivity contribution in [3.8, 4) is 17.2 Å². The lowest BCUT2D eigenvalue weighted by Crippen LogP contribution is -2.11. The zero-order valence-corrected chi connectivity index (χ0v) is 51.8. The molecule has 0 saturated heterocycles. The molecule has 0 bridgehead atoms. The number of ketones is 1. The number of nitrogens with zero attached hydrogens (tertiary/aromatic N) is 1. The number of unbranched alkanes of at least 4 members (excludes halogenated alkanes) is 3. The van der Waals surface area contributed by atoms with Crippen LogP contribution >= 0.6 is 0 Å². The predicted octanol–water partition coefficient (Wildman–Crippen LogP) is 16.3. The summed E-state index contributed by atoms with van der Waals surface area (Å²) in [6.07, 6.45) is 17.4. The van der Waals surface area contributed by atoms with Crippen LogP contribution in [0.15, 0.2) is 148 Å². The highest BCUT2D eigenvalue weighted by atomic mass is 16.5. The Labute approximate surface area is 484 Å². The number of hydrogen-bond donors (Lipinski definition) is 1. The van der Waals surface area contributed by atoms with Crippen LogP contribution in [0.5, 0.6) is 17.2 Å². The first-order valence-electron chi connectivity index (χ1n) is 27.2. The van der Waals surface area contributed by atoms with Crippen molar-refractivity contribution in [3.63, 3.8) is 0 Å². The first-order chi connectivity index (χ1) is 38.6. The van der Waals surface area contributed by atoms with Crippen LogP contribution in [0, 0.1) is 0 Å². The Bertz CT molecular complexity index is 2000. The van der Waals surface area contributed by atoms with E-state index < -0.39 is 11.9 Å². The number of aliphatic imine (C=N–C) groups is 1. The van der Waals surface area contributed by atoms with Crippen molar-refractivity contribution < 1.29 is 61.9 Å². The molecule has 1 N–H and O–H groups in total. The number of nitrogens with one attached hydrogen (secondary N) is 1. The molecule has 80 heavy (non-hydrogen) atoms. The highest BCUT2D eigenvalue weighted by molar-refractivity contribution is 6.04. The summed E-state index contributed by atoms with van der Waals surface area (Å²) in [4.78, 5) is 59.4. The number of rotatable bonds is 26. The zero-order chi connectivity index (χ0) is 62.6.